The summed E-state index contributed by atoms with van der Waals surface area (Å²) >= 11 is 0. The normalized spacial score (nSPS) is 25.2. The number of nitrogens with one attached hydrogen (secondary N) is 1. The molecule has 2 heterocycles. The third-order valence-electron chi connectivity index (χ3n) is 5.80. The summed E-state index contributed by atoms with van der Waals surface area (Å²) < 4.78 is 19.1. The monoisotopic (exact) mass is 427 g/mol. The van der Waals surface area contributed by atoms with Crippen LogP contribution < -0.4 is 17.0 Å². The Morgan fingerprint density at radius 3 is 2.52 bits per heavy atom. The standard InChI is InChI=1S/C19H33N3O6Si/c1-7-26-15(24)10-12-13(11-20)27-17(22-9-8-14(23)21-18(22)25)16(12)28-29(5,6)19(2,3)4/h8-9,12-13,16-17H,7,10-11,20H2,1-6H3,(H,21,23,25)/t12-,13-,16-,17-/m1/s1. The number of hydrogen-bond acceptors (Lipinski definition) is 7. The Hall–Kier alpha value is -1.75. The largest absolute Gasteiger partial charge is 0.466 e. The van der Waals surface area contributed by atoms with E-state index in [-0.39, 0.29) is 36.5 Å². The quantitative estimate of drug-likeness (QED) is 0.497. The number of aromatic nitrogens is 2. The first kappa shape index (κ1) is 23.5. The lowest BCUT2D eigenvalue weighted by atomic mass is 9.94. The minimum Gasteiger partial charge on any atom is -0.466 e. The fourth-order valence-corrected chi connectivity index (χ4v) is 4.51. The number of esters is 1. The Labute approximate surface area is 171 Å². The lowest BCUT2D eigenvalue weighted by Gasteiger charge is -2.40. The molecule has 9 nitrogen and oxygen atoms in total. The topological polar surface area (TPSA) is 126 Å². The summed E-state index contributed by atoms with van der Waals surface area (Å²) in [5.74, 6) is -0.741. The van der Waals surface area contributed by atoms with Crippen LogP contribution in [0.15, 0.2) is 21.9 Å². The summed E-state index contributed by atoms with van der Waals surface area (Å²) in [5.41, 5.74) is 4.83. The molecule has 1 saturated heterocycles. The van der Waals surface area contributed by atoms with Crippen LogP contribution in [0.4, 0.5) is 0 Å². The molecule has 0 spiro atoms. The van der Waals surface area contributed by atoms with Crippen LogP contribution in [0.5, 0.6) is 0 Å². The third kappa shape index (κ3) is 5.24. The van der Waals surface area contributed by atoms with Crippen LogP contribution in [-0.2, 0) is 18.7 Å². The van der Waals surface area contributed by atoms with Crippen LogP contribution in [0.2, 0.25) is 18.1 Å². The van der Waals surface area contributed by atoms with Crippen molar-refractivity contribution in [3.05, 3.63) is 33.1 Å². The van der Waals surface area contributed by atoms with Gasteiger partial charge in [-0.3, -0.25) is 19.1 Å². The Bertz CT molecular complexity index is 828. The molecule has 29 heavy (non-hydrogen) atoms. The van der Waals surface area contributed by atoms with E-state index in [1.54, 1.807) is 6.92 Å². The number of rotatable bonds is 7. The molecule has 0 aromatic carbocycles. The van der Waals surface area contributed by atoms with E-state index >= 15 is 0 Å². The van der Waals surface area contributed by atoms with Gasteiger partial charge < -0.3 is 19.6 Å². The van der Waals surface area contributed by atoms with Crippen molar-refractivity contribution >= 4 is 14.3 Å². The minimum absolute atomic E-state index is 0.0730. The van der Waals surface area contributed by atoms with Gasteiger partial charge in [-0.05, 0) is 25.1 Å². The molecule has 1 aliphatic heterocycles. The summed E-state index contributed by atoms with van der Waals surface area (Å²) in [7, 11) is -2.29. The number of aromatic amines is 1. The smallest absolute Gasteiger partial charge is 0.330 e. The van der Waals surface area contributed by atoms with Gasteiger partial charge in [-0.2, -0.15) is 0 Å². The zero-order valence-corrected chi connectivity index (χ0v) is 19.1. The zero-order valence-electron chi connectivity index (χ0n) is 18.1. The van der Waals surface area contributed by atoms with Gasteiger partial charge in [0.05, 0.1) is 25.2 Å². The van der Waals surface area contributed by atoms with Crippen LogP contribution in [-0.4, -0.2) is 49.2 Å². The first-order valence-corrected chi connectivity index (χ1v) is 12.8. The predicted molar refractivity (Wildman–Crippen MR) is 111 cm³/mol. The molecule has 1 fully saturated rings. The van der Waals surface area contributed by atoms with Crippen LogP contribution in [0, 0.1) is 5.92 Å². The molecule has 1 aromatic heterocycles. The molecule has 0 aliphatic carbocycles. The van der Waals surface area contributed by atoms with Gasteiger partial charge in [-0.25, -0.2) is 4.79 Å². The lowest BCUT2D eigenvalue weighted by molar-refractivity contribution is -0.145. The SMILES string of the molecule is CCOC(=O)C[C@H]1[C@@H](O[Si](C)(C)C(C)(C)C)[C@H](n2ccc(=O)[nH]c2=O)O[C@@H]1CN. The number of ether oxygens (including phenoxy) is 2. The molecule has 164 valence electrons. The lowest BCUT2D eigenvalue weighted by Crippen LogP contribution is -2.48. The predicted octanol–water partition coefficient (Wildman–Crippen LogP) is 1.35. The molecule has 0 amide bonds. The molecular formula is C19H33N3O6Si. The maximum atomic E-state index is 12.4. The summed E-state index contributed by atoms with van der Waals surface area (Å²) in [5, 5.41) is -0.0945. The highest BCUT2D eigenvalue weighted by atomic mass is 28.4. The van der Waals surface area contributed by atoms with E-state index in [0.29, 0.717) is 0 Å². The average molecular weight is 428 g/mol. The number of hydrogen-bond donors (Lipinski definition) is 2. The van der Waals surface area contributed by atoms with Gasteiger partial charge in [0.2, 0.25) is 0 Å². The maximum absolute atomic E-state index is 12.4. The third-order valence-corrected chi connectivity index (χ3v) is 10.3. The highest BCUT2D eigenvalue weighted by Crippen LogP contribution is 2.44. The van der Waals surface area contributed by atoms with Crippen molar-refractivity contribution in [2.24, 2.45) is 11.7 Å². The van der Waals surface area contributed by atoms with Crippen LogP contribution >= 0.6 is 0 Å². The van der Waals surface area contributed by atoms with E-state index in [4.69, 9.17) is 19.6 Å². The number of H-pyrrole nitrogens is 1. The molecule has 1 aliphatic rings. The van der Waals surface area contributed by atoms with Gasteiger partial charge in [0.1, 0.15) is 0 Å². The van der Waals surface area contributed by atoms with Gasteiger partial charge in [0, 0.05) is 24.7 Å². The number of nitrogens with two attached hydrogens (primary N) is 1. The highest BCUT2D eigenvalue weighted by molar-refractivity contribution is 6.74. The van der Waals surface area contributed by atoms with Crippen molar-refractivity contribution in [1.29, 1.82) is 0 Å². The molecule has 0 unspecified atom stereocenters. The second-order valence-corrected chi connectivity index (χ2v) is 13.6. The van der Waals surface area contributed by atoms with E-state index in [1.165, 1.54) is 16.8 Å². The Balaban J connectivity index is 2.48. The van der Waals surface area contributed by atoms with E-state index < -0.39 is 38.0 Å². The Kier molecular flexibility index (Phi) is 7.26. The molecule has 1 aromatic rings. The van der Waals surface area contributed by atoms with Crippen molar-refractivity contribution in [3.8, 4) is 0 Å². The van der Waals surface area contributed by atoms with Gasteiger partial charge in [-0.15, -0.1) is 0 Å². The molecule has 0 saturated carbocycles. The number of nitrogens with zero attached hydrogens (tertiary/aromatic N) is 1. The fourth-order valence-electron chi connectivity index (χ4n) is 3.18. The van der Waals surface area contributed by atoms with Crippen molar-refractivity contribution in [2.45, 2.75) is 70.7 Å². The summed E-state index contributed by atoms with van der Waals surface area (Å²) in [6, 6.07) is 1.25. The van der Waals surface area contributed by atoms with Gasteiger partial charge in [0.25, 0.3) is 5.56 Å². The minimum atomic E-state index is -2.29. The molecule has 0 radical (unpaired) electrons. The highest BCUT2D eigenvalue weighted by Gasteiger charge is 2.51. The molecule has 0 bridgehead atoms. The van der Waals surface area contributed by atoms with Crippen LogP contribution in [0.25, 0.3) is 0 Å². The summed E-state index contributed by atoms with van der Waals surface area (Å²) in [4.78, 5) is 38.4. The molecular weight excluding hydrogens is 394 g/mol. The van der Waals surface area contributed by atoms with Gasteiger partial charge in [-0.1, -0.05) is 20.8 Å². The van der Waals surface area contributed by atoms with Crippen molar-refractivity contribution in [3.63, 3.8) is 0 Å². The molecule has 4 atom stereocenters. The maximum Gasteiger partial charge on any atom is 0.330 e. The molecule has 2 rings (SSSR count). The zero-order chi connectivity index (χ0) is 22.0. The van der Waals surface area contributed by atoms with Crippen molar-refractivity contribution < 1.29 is 18.7 Å². The molecule has 3 N–H and O–H groups in total. The number of carbonyl (C=O) groups excluding carboxylic acids is 1. The van der Waals surface area contributed by atoms with Crippen LogP contribution in [0.3, 0.4) is 0 Å². The summed E-state index contributed by atoms with van der Waals surface area (Å²) in [6.45, 7) is 12.7. The fraction of sp³-hybridized carbons (Fsp3) is 0.737. The van der Waals surface area contributed by atoms with Gasteiger partial charge in [0.15, 0.2) is 14.5 Å². The second-order valence-electron chi connectivity index (χ2n) is 8.83. The second kappa shape index (κ2) is 8.95. The van der Waals surface area contributed by atoms with Crippen molar-refractivity contribution in [2.75, 3.05) is 13.2 Å². The van der Waals surface area contributed by atoms with E-state index in [9.17, 15) is 14.4 Å². The van der Waals surface area contributed by atoms with E-state index in [1.807, 2.05) is 0 Å². The van der Waals surface area contributed by atoms with E-state index in [2.05, 4.69) is 38.8 Å². The van der Waals surface area contributed by atoms with Gasteiger partial charge >= 0.3 is 11.7 Å². The van der Waals surface area contributed by atoms with Crippen LogP contribution in [0.1, 0.15) is 40.3 Å². The average Bonchev–Trinajstić information content (AvgIpc) is 2.91. The molecule has 10 heteroatoms. The Morgan fingerprint density at radius 2 is 2.00 bits per heavy atom. The number of carbonyl (C=O) groups is 1. The van der Waals surface area contributed by atoms with Crippen molar-refractivity contribution in [1.82, 2.24) is 9.55 Å². The summed E-state index contributed by atoms with van der Waals surface area (Å²) in [6.07, 6.45) is -0.422. The van der Waals surface area contributed by atoms with E-state index in [0.717, 1.165) is 0 Å². The Morgan fingerprint density at radius 1 is 1.34 bits per heavy atom. The first-order chi connectivity index (χ1) is 13.4. The first-order valence-electron chi connectivity index (χ1n) is 9.91.